The van der Waals surface area contributed by atoms with Crippen LogP contribution >= 0.6 is 0 Å². The molecule has 0 saturated carbocycles. The zero-order valence-electron chi connectivity index (χ0n) is 25.1. The predicted octanol–water partition coefficient (Wildman–Crippen LogP) is 4.59. The molecule has 2 heterocycles. The fourth-order valence-corrected chi connectivity index (χ4v) is 4.88. The van der Waals surface area contributed by atoms with Crippen LogP contribution in [0.25, 0.3) is 33.2 Å². The molecule has 5 aromatic rings. The highest BCUT2D eigenvalue weighted by Crippen LogP contribution is 2.44. The molecule has 3 aromatic carbocycles. The summed E-state index contributed by atoms with van der Waals surface area (Å²) in [5.74, 6) is 1.60. The molecule has 0 amide bonds. The number of aromatic nitrogens is 2. The van der Waals surface area contributed by atoms with Crippen molar-refractivity contribution in [2.45, 2.75) is 13.0 Å². The number of non-ortho nitro benzene ring substituents is 1. The second-order valence-corrected chi connectivity index (χ2v) is 9.61. The first-order valence-electron chi connectivity index (χ1n) is 13.5. The molecule has 0 aliphatic carbocycles. The van der Waals surface area contributed by atoms with Gasteiger partial charge in [-0.1, -0.05) is 0 Å². The maximum absolute atomic E-state index is 14.0. The Labute approximate surface area is 255 Å². The SMILES string of the molecule is COc1cc(OC)c2c(=O)c(OCCCn3cnc4ccc([N+](=O)[O-])cc4c3=O)c(-c3cc(OC)c(OC)c(OC)c3)oc2c1. The van der Waals surface area contributed by atoms with Gasteiger partial charge in [0.2, 0.25) is 16.9 Å². The van der Waals surface area contributed by atoms with Gasteiger partial charge in [-0.05, 0) is 24.6 Å². The van der Waals surface area contributed by atoms with Gasteiger partial charge in [-0.15, -0.1) is 0 Å². The van der Waals surface area contributed by atoms with Crippen molar-refractivity contribution in [1.29, 1.82) is 0 Å². The first-order chi connectivity index (χ1) is 21.7. The Morgan fingerprint density at radius 3 is 2.20 bits per heavy atom. The van der Waals surface area contributed by atoms with E-state index < -0.39 is 15.9 Å². The van der Waals surface area contributed by atoms with Crippen molar-refractivity contribution in [3.05, 3.63) is 79.5 Å². The standard InChI is InChI=1S/C31H29N3O11/c1-39-19-14-22(40-2)26-23(15-19)45-28(17-11-24(41-3)29(43-5)25(12-17)42-4)30(27(26)35)44-10-6-9-33-16-32-21-8-7-18(34(37)38)13-20(21)31(33)36/h7-8,11-16H,6,9-10H2,1-5H3. The number of hydrogen-bond acceptors (Lipinski definition) is 12. The lowest BCUT2D eigenvalue weighted by atomic mass is 10.1. The number of hydrogen-bond donors (Lipinski definition) is 0. The van der Waals surface area contributed by atoms with E-state index in [4.69, 9.17) is 32.8 Å². The van der Waals surface area contributed by atoms with Crippen LogP contribution in [-0.2, 0) is 6.54 Å². The normalized spacial score (nSPS) is 11.0. The van der Waals surface area contributed by atoms with E-state index in [0.717, 1.165) is 0 Å². The average Bonchev–Trinajstić information content (AvgIpc) is 3.06. The van der Waals surface area contributed by atoms with Crippen LogP contribution in [0.4, 0.5) is 5.69 Å². The second kappa shape index (κ2) is 12.8. The molecule has 0 unspecified atom stereocenters. The lowest BCUT2D eigenvalue weighted by Crippen LogP contribution is -2.22. The molecular weight excluding hydrogens is 590 g/mol. The van der Waals surface area contributed by atoms with Gasteiger partial charge in [0.25, 0.3) is 11.2 Å². The number of ether oxygens (including phenoxy) is 6. The van der Waals surface area contributed by atoms with E-state index in [9.17, 15) is 19.7 Å². The molecule has 5 rings (SSSR count). The van der Waals surface area contributed by atoms with E-state index in [2.05, 4.69) is 4.98 Å². The number of fused-ring (bicyclic) bond motifs is 2. The summed E-state index contributed by atoms with van der Waals surface area (Å²) in [5, 5.41) is 11.5. The molecule has 0 spiro atoms. The van der Waals surface area contributed by atoms with Crippen LogP contribution in [0.1, 0.15) is 6.42 Å². The molecule has 0 fully saturated rings. The van der Waals surface area contributed by atoms with E-state index in [0.29, 0.717) is 34.1 Å². The molecule has 0 aliphatic heterocycles. The number of nitrogens with zero attached hydrogens (tertiary/aromatic N) is 3. The van der Waals surface area contributed by atoms with Crippen molar-refractivity contribution < 1.29 is 37.8 Å². The number of rotatable bonds is 12. The Morgan fingerprint density at radius 1 is 0.867 bits per heavy atom. The van der Waals surface area contributed by atoms with Crippen molar-refractivity contribution in [3.63, 3.8) is 0 Å². The molecule has 0 N–H and O–H groups in total. The summed E-state index contributed by atoms with van der Waals surface area (Å²) < 4.78 is 40.9. The molecule has 0 aliphatic rings. The Bertz CT molecular complexity index is 2010. The fraction of sp³-hybridized carbons (Fsp3) is 0.258. The van der Waals surface area contributed by atoms with Crippen LogP contribution in [0.3, 0.4) is 0 Å². The number of nitro benzene ring substituents is 1. The average molecular weight is 620 g/mol. The Hall–Kier alpha value is -5.79. The van der Waals surface area contributed by atoms with Gasteiger partial charge >= 0.3 is 0 Å². The van der Waals surface area contributed by atoms with Gasteiger partial charge in [0.15, 0.2) is 17.3 Å². The Morgan fingerprint density at radius 2 is 1.58 bits per heavy atom. The minimum Gasteiger partial charge on any atom is -0.496 e. The lowest BCUT2D eigenvalue weighted by Gasteiger charge is -2.17. The summed E-state index contributed by atoms with van der Waals surface area (Å²) in [6, 6.07) is 10.3. The summed E-state index contributed by atoms with van der Waals surface area (Å²) in [4.78, 5) is 41.9. The van der Waals surface area contributed by atoms with Gasteiger partial charge in [0.05, 0.1) is 64.3 Å². The maximum atomic E-state index is 14.0. The largest absolute Gasteiger partial charge is 0.496 e. The molecule has 0 saturated heterocycles. The molecular formula is C31H29N3O11. The van der Waals surface area contributed by atoms with Gasteiger partial charge in [-0.25, -0.2) is 4.98 Å². The minimum absolute atomic E-state index is 0.00836. The molecule has 0 atom stereocenters. The molecule has 0 radical (unpaired) electrons. The number of nitro groups is 1. The second-order valence-electron chi connectivity index (χ2n) is 9.61. The van der Waals surface area contributed by atoms with Crippen LogP contribution in [0.5, 0.6) is 34.5 Å². The number of benzene rings is 3. The van der Waals surface area contributed by atoms with Gasteiger partial charge in [0.1, 0.15) is 22.5 Å². The quantitative estimate of drug-likeness (QED) is 0.109. The van der Waals surface area contributed by atoms with E-state index in [1.165, 1.54) is 64.6 Å². The van der Waals surface area contributed by atoms with E-state index in [1.807, 2.05) is 0 Å². The third-order valence-corrected chi connectivity index (χ3v) is 7.08. The fourth-order valence-electron chi connectivity index (χ4n) is 4.88. The molecule has 2 aromatic heterocycles. The molecule has 234 valence electrons. The van der Waals surface area contributed by atoms with E-state index in [-0.39, 0.29) is 58.9 Å². The van der Waals surface area contributed by atoms with Gasteiger partial charge < -0.3 is 32.8 Å². The molecule has 45 heavy (non-hydrogen) atoms. The molecule has 0 bridgehead atoms. The monoisotopic (exact) mass is 619 g/mol. The summed E-state index contributed by atoms with van der Waals surface area (Å²) in [5.41, 5.74) is -0.223. The van der Waals surface area contributed by atoms with Gasteiger partial charge in [0, 0.05) is 36.4 Å². The molecule has 14 nitrogen and oxygen atoms in total. The minimum atomic E-state index is -0.574. The van der Waals surface area contributed by atoms with Crippen molar-refractivity contribution in [1.82, 2.24) is 9.55 Å². The highest BCUT2D eigenvalue weighted by atomic mass is 16.6. The van der Waals surface area contributed by atoms with Crippen molar-refractivity contribution >= 4 is 27.6 Å². The van der Waals surface area contributed by atoms with Crippen LogP contribution in [0, 0.1) is 10.1 Å². The van der Waals surface area contributed by atoms with Gasteiger partial charge in [-0.2, -0.15) is 0 Å². The van der Waals surface area contributed by atoms with Crippen molar-refractivity contribution in [3.8, 4) is 45.8 Å². The lowest BCUT2D eigenvalue weighted by molar-refractivity contribution is -0.384. The van der Waals surface area contributed by atoms with Crippen LogP contribution in [-0.4, -0.2) is 56.6 Å². The van der Waals surface area contributed by atoms with Crippen LogP contribution < -0.4 is 39.4 Å². The number of aryl methyl sites for hydroxylation is 1. The highest BCUT2D eigenvalue weighted by Gasteiger charge is 2.24. The topological polar surface area (TPSA) is 164 Å². The summed E-state index contributed by atoms with van der Waals surface area (Å²) in [6.45, 7) is 0.148. The first kappa shape index (κ1) is 30.7. The third-order valence-electron chi connectivity index (χ3n) is 7.08. The molecule has 14 heteroatoms. The van der Waals surface area contributed by atoms with Crippen LogP contribution in [0.15, 0.2) is 62.8 Å². The summed E-state index contributed by atoms with van der Waals surface area (Å²) >= 11 is 0. The van der Waals surface area contributed by atoms with E-state index >= 15 is 0 Å². The van der Waals surface area contributed by atoms with Crippen molar-refractivity contribution in [2.75, 3.05) is 42.2 Å². The smallest absolute Gasteiger partial charge is 0.270 e. The first-order valence-corrected chi connectivity index (χ1v) is 13.5. The Balaban J connectivity index is 1.54. The zero-order valence-corrected chi connectivity index (χ0v) is 25.1. The maximum Gasteiger partial charge on any atom is 0.270 e. The third kappa shape index (κ3) is 5.77. The van der Waals surface area contributed by atoms with Gasteiger partial charge in [-0.3, -0.25) is 24.3 Å². The van der Waals surface area contributed by atoms with E-state index in [1.54, 1.807) is 24.3 Å². The zero-order chi connectivity index (χ0) is 32.2. The summed E-state index contributed by atoms with van der Waals surface area (Å²) in [6.07, 6.45) is 1.63. The summed E-state index contributed by atoms with van der Waals surface area (Å²) in [7, 11) is 7.30. The van der Waals surface area contributed by atoms with Crippen LogP contribution in [0.2, 0.25) is 0 Å². The predicted molar refractivity (Wildman–Crippen MR) is 163 cm³/mol. The number of methoxy groups -OCH3 is 5. The Kier molecular flexibility index (Phi) is 8.74. The highest BCUT2D eigenvalue weighted by molar-refractivity contribution is 5.89. The van der Waals surface area contributed by atoms with Crippen molar-refractivity contribution in [2.24, 2.45) is 0 Å².